The number of benzene rings is 1. The molecule has 1 amide bonds. The van der Waals surface area contributed by atoms with Crippen molar-refractivity contribution in [3.63, 3.8) is 0 Å². The van der Waals surface area contributed by atoms with Crippen LogP contribution in [0.5, 0.6) is 0 Å². The molecule has 3 aromatic rings. The Balaban J connectivity index is 1.61. The van der Waals surface area contributed by atoms with E-state index in [4.69, 9.17) is 5.73 Å². The summed E-state index contributed by atoms with van der Waals surface area (Å²) in [6.45, 7) is 6.74. The predicted octanol–water partition coefficient (Wildman–Crippen LogP) is 5.76. The molecule has 4 rings (SSSR count). The lowest BCUT2D eigenvalue weighted by Crippen LogP contribution is -2.43. The van der Waals surface area contributed by atoms with Gasteiger partial charge in [-0.1, -0.05) is 13.0 Å². The average molecular weight is 501 g/mol. The Hall–Kier alpha value is -2.83. The zero-order chi connectivity index (χ0) is 25.3. The third-order valence-electron chi connectivity index (χ3n) is 6.65. The van der Waals surface area contributed by atoms with Crippen LogP contribution in [0.4, 0.5) is 18.9 Å². The molecule has 0 spiro atoms. The standard InChI is InChI=1S/C26H28F3N4OP/c1-14-11-15(12-20(30)25(14)35(2)3)16-9-10-31-13-22(16)33-26(34)21-8-7-19(29)24(32-21)23-17(27)5-4-6-18(23)28/h4-10,13-15,20,25H,11-12,30H2,1-3H3,(H,33,34)/t14-,15+,20+,25+/m0/s1. The molecule has 2 aromatic heterocycles. The van der Waals surface area contributed by atoms with E-state index >= 15 is 0 Å². The van der Waals surface area contributed by atoms with Gasteiger partial charge in [-0.15, -0.1) is 7.92 Å². The minimum atomic E-state index is -0.965. The van der Waals surface area contributed by atoms with E-state index in [0.29, 0.717) is 17.3 Å². The van der Waals surface area contributed by atoms with Crippen molar-refractivity contribution in [2.75, 3.05) is 18.6 Å². The number of amides is 1. The third kappa shape index (κ3) is 5.24. The van der Waals surface area contributed by atoms with Gasteiger partial charge < -0.3 is 11.1 Å². The molecule has 2 heterocycles. The van der Waals surface area contributed by atoms with Gasteiger partial charge in [0.05, 0.1) is 17.4 Å². The lowest BCUT2D eigenvalue weighted by Gasteiger charge is -2.41. The SMILES string of the molecule is C[C@H]1C[C@@H](c2ccncc2NC(=O)c2ccc(F)c(-c3c(F)cccc3F)n2)C[C@@H](N)[C@@H]1P(C)C. The first-order valence-electron chi connectivity index (χ1n) is 11.5. The number of halogens is 3. The highest BCUT2D eigenvalue weighted by Gasteiger charge is 2.36. The molecule has 4 atom stereocenters. The second kappa shape index (κ2) is 10.4. The Morgan fingerprint density at radius 2 is 1.77 bits per heavy atom. The summed E-state index contributed by atoms with van der Waals surface area (Å²) in [5.74, 6) is -2.90. The van der Waals surface area contributed by atoms with E-state index in [1.807, 2.05) is 6.07 Å². The molecule has 184 valence electrons. The fourth-order valence-corrected chi connectivity index (χ4v) is 7.27. The van der Waals surface area contributed by atoms with Crippen molar-refractivity contribution in [3.05, 3.63) is 77.5 Å². The van der Waals surface area contributed by atoms with Gasteiger partial charge in [-0.2, -0.15) is 0 Å². The molecule has 0 unspecified atom stereocenters. The van der Waals surface area contributed by atoms with Crippen LogP contribution < -0.4 is 11.1 Å². The van der Waals surface area contributed by atoms with Crippen LogP contribution in [0.3, 0.4) is 0 Å². The quantitative estimate of drug-likeness (QED) is 0.436. The summed E-state index contributed by atoms with van der Waals surface area (Å²) in [6, 6.07) is 7.29. The van der Waals surface area contributed by atoms with Crippen molar-refractivity contribution in [1.82, 2.24) is 9.97 Å². The molecule has 1 aliphatic rings. The Kier molecular flexibility index (Phi) is 7.53. The van der Waals surface area contributed by atoms with E-state index in [1.165, 1.54) is 12.1 Å². The first-order chi connectivity index (χ1) is 16.7. The van der Waals surface area contributed by atoms with Gasteiger partial charge in [0.2, 0.25) is 0 Å². The number of anilines is 1. The van der Waals surface area contributed by atoms with Crippen molar-refractivity contribution in [1.29, 1.82) is 0 Å². The van der Waals surface area contributed by atoms with Crippen molar-refractivity contribution in [2.45, 2.75) is 37.4 Å². The summed E-state index contributed by atoms with van der Waals surface area (Å²) in [4.78, 5) is 21.1. The molecule has 1 fully saturated rings. The summed E-state index contributed by atoms with van der Waals surface area (Å²) >= 11 is 0. The number of nitrogens with zero attached hydrogens (tertiary/aromatic N) is 2. The normalized spacial score (nSPS) is 22.3. The van der Waals surface area contributed by atoms with Crippen molar-refractivity contribution >= 4 is 19.5 Å². The minimum Gasteiger partial charge on any atom is -0.327 e. The van der Waals surface area contributed by atoms with E-state index < -0.39 is 34.6 Å². The van der Waals surface area contributed by atoms with Gasteiger partial charge in [0.25, 0.3) is 5.91 Å². The first-order valence-corrected chi connectivity index (χ1v) is 13.8. The van der Waals surface area contributed by atoms with Crippen LogP contribution in [0.1, 0.15) is 41.7 Å². The largest absolute Gasteiger partial charge is 0.327 e. The van der Waals surface area contributed by atoms with Crippen molar-refractivity contribution < 1.29 is 18.0 Å². The Morgan fingerprint density at radius 3 is 2.43 bits per heavy atom. The van der Waals surface area contributed by atoms with Gasteiger partial charge >= 0.3 is 0 Å². The van der Waals surface area contributed by atoms with Crippen LogP contribution in [-0.4, -0.2) is 40.9 Å². The molecule has 3 N–H and O–H groups in total. The molecular weight excluding hydrogens is 472 g/mol. The fraction of sp³-hybridized carbons (Fsp3) is 0.346. The maximum atomic E-state index is 14.4. The summed E-state index contributed by atoms with van der Waals surface area (Å²) in [7, 11) is -0.167. The number of hydrogen-bond donors (Lipinski definition) is 2. The summed E-state index contributed by atoms with van der Waals surface area (Å²) in [5, 5.41) is 2.80. The molecule has 35 heavy (non-hydrogen) atoms. The van der Waals surface area contributed by atoms with E-state index in [9.17, 15) is 18.0 Å². The van der Waals surface area contributed by atoms with Gasteiger partial charge in [0, 0.05) is 12.2 Å². The maximum Gasteiger partial charge on any atom is 0.274 e. The van der Waals surface area contributed by atoms with Gasteiger partial charge in [-0.25, -0.2) is 18.2 Å². The Labute approximate surface area is 204 Å². The summed E-state index contributed by atoms with van der Waals surface area (Å²) in [5.41, 5.74) is 7.13. The molecule has 0 aliphatic heterocycles. The smallest absolute Gasteiger partial charge is 0.274 e. The van der Waals surface area contributed by atoms with Crippen LogP contribution in [0.15, 0.2) is 48.8 Å². The lowest BCUT2D eigenvalue weighted by atomic mass is 9.76. The van der Waals surface area contributed by atoms with Gasteiger partial charge in [0.15, 0.2) is 0 Å². The van der Waals surface area contributed by atoms with E-state index in [1.54, 1.807) is 12.4 Å². The van der Waals surface area contributed by atoms with Crippen LogP contribution >= 0.6 is 7.92 Å². The fourth-order valence-electron chi connectivity index (χ4n) is 5.24. The molecular formula is C26H28F3N4OP. The molecule has 1 aromatic carbocycles. The Bertz CT molecular complexity index is 1210. The highest BCUT2D eigenvalue weighted by Crippen LogP contribution is 2.48. The lowest BCUT2D eigenvalue weighted by molar-refractivity contribution is 0.102. The van der Waals surface area contributed by atoms with Crippen LogP contribution in [0.25, 0.3) is 11.3 Å². The molecule has 5 nitrogen and oxygen atoms in total. The zero-order valence-electron chi connectivity index (χ0n) is 19.8. The monoisotopic (exact) mass is 500 g/mol. The predicted molar refractivity (Wildman–Crippen MR) is 133 cm³/mol. The maximum absolute atomic E-state index is 14.4. The topological polar surface area (TPSA) is 80.9 Å². The van der Waals surface area contributed by atoms with Crippen LogP contribution in [0.2, 0.25) is 0 Å². The second-order valence-corrected chi connectivity index (χ2v) is 11.8. The van der Waals surface area contributed by atoms with E-state index in [-0.39, 0.29) is 25.6 Å². The molecule has 0 bridgehead atoms. The average Bonchev–Trinajstić information content (AvgIpc) is 2.79. The number of pyridine rings is 2. The summed E-state index contributed by atoms with van der Waals surface area (Å²) < 4.78 is 42.9. The first kappa shape index (κ1) is 25.3. The van der Waals surface area contributed by atoms with Crippen LogP contribution in [0, 0.1) is 23.4 Å². The van der Waals surface area contributed by atoms with Gasteiger partial charge in [-0.05, 0) is 79.6 Å². The van der Waals surface area contributed by atoms with Crippen molar-refractivity contribution in [2.24, 2.45) is 11.7 Å². The van der Waals surface area contributed by atoms with E-state index in [2.05, 4.69) is 35.5 Å². The number of nitrogens with one attached hydrogen (secondary N) is 1. The zero-order valence-corrected chi connectivity index (χ0v) is 20.7. The molecule has 0 saturated heterocycles. The van der Waals surface area contributed by atoms with Gasteiger partial charge in [0.1, 0.15) is 28.8 Å². The van der Waals surface area contributed by atoms with Gasteiger partial charge in [-0.3, -0.25) is 9.78 Å². The highest BCUT2D eigenvalue weighted by molar-refractivity contribution is 7.56. The van der Waals surface area contributed by atoms with Crippen LogP contribution in [-0.2, 0) is 0 Å². The summed E-state index contributed by atoms with van der Waals surface area (Å²) in [6.07, 6.45) is 4.98. The molecule has 1 aliphatic carbocycles. The number of nitrogens with two attached hydrogens (primary N) is 1. The Morgan fingerprint density at radius 1 is 1.06 bits per heavy atom. The molecule has 9 heteroatoms. The number of hydrogen-bond acceptors (Lipinski definition) is 4. The third-order valence-corrected chi connectivity index (χ3v) is 8.74. The van der Waals surface area contributed by atoms with Crippen molar-refractivity contribution in [3.8, 4) is 11.3 Å². The molecule has 0 radical (unpaired) electrons. The number of carbonyl (C=O) groups excluding carboxylic acids is 1. The highest BCUT2D eigenvalue weighted by atomic mass is 31.1. The number of carbonyl (C=O) groups is 1. The number of aromatic nitrogens is 2. The second-order valence-electron chi connectivity index (χ2n) is 9.30. The minimum absolute atomic E-state index is 0.0681. The number of rotatable bonds is 5. The molecule has 1 saturated carbocycles. The van der Waals surface area contributed by atoms with E-state index in [0.717, 1.165) is 36.6 Å².